The Bertz CT molecular complexity index is 599. The van der Waals surface area contributed by atoms with Crippen molar-refractivity contribution in [1.29, 1.82) is 0 Å². The summed E-state index contributed by atoms with van der Waals surface area (Å²) in [5.41, 5.74) is 2.34. The van der Waals surface area contributed by atoms with Crippen molar-refractivity contribution in [2.24, 2.45) is 0 Å². The molecule has 3 rings (SSSR count). The molecule has 2 heterocycles. The zero-order chi connectivity index (χ0) is 17.1. The lowest BCUT2D eigenvalue weighted by molar-refractivity contribution is 0.0844. The molecule has 2 aliphatic heterocycles. The standard InChI is InChI=1S/C18H26N2O4/c1-22-15-10-12-7-9-20(18(21)24-3)17(13(12)11-16(15)23-2)14-6-4-5-8-19-14/h10-11,14,17,19H,4-9H2,1-3H3. The number of fused-ring (bicyclic) bond motifs is 1. The molecule has 1 saturated heterocycles. The molecule has 6 heteroatoms. The van der Waals surface area contributed by atoms with Crippen LogP contribution in [0.25, 0.3) is 0 Å². The molecule has 1 aromatic rings. The Kier molecular flexibility index (Phi) is 5.14. The van der Waals surface area contributed by atoms with Gasteiger partial charge < -0.3 is 19.5 Å². The van der Waals surface area contributed by atoms with E-state index < -0.39 is 0 Å². The summed E-state index contributed by atoms with van der Waals surface area (Å²) in [4.78, 5) is 14.2. The van der Waals surface area contributed by atoms with Crippen molar-refractivity contribution < 1.29 is 19.0 Å². The molecule has 1 N–H and O–H groups in total. The third kappa shape index (κ3) is 3.02. The lowest BCUT2D eigenvalue weighted by atomic mass is 9.85. The van der Waals surface area contributed by atoms with Crippen LogP contribution in [0.1, 0.15) is 36.4 Å². The number of piperidine rings is 1. The molecular formula is C18H26N2O4. The van der Waals surface area contributed by atoms with E-state index in [0.717, 1.165) is 30.7 Å². The van der Waals surface area contributed by atoms with Crippen molar-refractivity contribution in [2.45, 2.75) is 37.8 Å². The van der Waals surface area contributed by atoms with Gasteiger partial charge in [0.2, 0.25) is 0 Å². The fourth-order valence-electron chi connectivity index (χ4n) is 3.88. The van der Waals surface area contributed by atoms with E-state index >= 15 is 0 Å². The van der Waals surface area contributed by atoms with Crippen molar-refractivity contribution in [3.05, 3.63) is 23.3 Å². The van der Waals surface area contributed by atoms with Crippen LogP contribution >= 0.6 is 0 Å². The van der Waals surface area contributed by atoms with E-state index in [1.54, 1.807) is 14.2 Å². The molecule has 0 bridgehead atoms. The number of hydrogen-bond acceptors (Lipinski definition) is 5. The minimum Gasteiger partial charge on any atom is -0.493 e. The van der Waals surface area contributed by atoms with E-state index in [4.69, 9.17) is 14.2 Å². The molecule has 2 aliphatic rings. The van der Waals surface area contributed by atoms with Gasteiger partial charge in [-0.05, 0) is 49.1 Å². The second-order valence-electron chi connectivity index (χ2n) is 6.32. The fraction of sp³-hybridized carbons (Fsp3) is 0.611. The number of methoxy groups -OCH3 is 3. The Labute approximate surface area is 143 Å². The molecule has 132 valence electrons. The Hall–Kier alpha value is -1.95. The summed E-state index contributed by atoms with van der Waals surface area (Å²) < 4.78 is 15.9. The molecule has 24 heavy (non-hydrogen) atoms. The fourth-order valence-corrected chi connectivity index (χ4v) is 3.88. The number of nitrogens with zero attached hydrogens (tertiary/aromatic N) is 1. The van der Waals surface area contributed by atoms with Crippen LogP contribution in [0, 0.1) is 0 Å². The average Bonchev–Trinajstić information content (AvgIpc) is 2.65. The third-order valence-corrected chi connectivity index (χ3v) is 5.06. The maximum absolute atomic E-state index is 12.3. The largest absolute Gasteiger partial charge is 0.493 e. The highest BCUT2D eigenvalue weighted by Crippen LogP contribution is 2.40. The van der Waals surface area contributed by atoms with E-state index in [1.165, 1.54) is 25.5 Å². The Morgan fingerprint density at radius 1 is 1.17 bits per heavy atom. The molecule has 0 aromatic heterocycles. The summed E-state index contributed by atoms with van der Waals surface area (Å²) in [7, 11) is 4.73. The van der Waals surface area contributed by atoms with Gasteiger partial charge >= 0.3 is 6.09 Å². The summed E-state index contributed by atoms with van der Waals surface area (Å²) in [6.45, 7) is 1.64. The van der Waals surface area contributed by atoms with Crippen LogP contribution in [-0.4, -0.2) is 51.5 Å². The van der Waals surface area contributed by atoms with E-state index in [1.807, 2.05) is 17.0 Å². The van der Waals surface area contributed by atoms with Gasteiger partial charge in [-0.3, -0.25) is 4.90 Å². The highest BCUT2D eigenvalue weighted by molar-refractivity contribution is 5.69. The van der Waals surface area contributed by atoms with E-state index in [-0.39, 0.29) is 18.2 Å². The van der Waals surface area contributed by atoms with Gasteiger partial charge in [-0.2, -0.15) is 0 Å². The van der Waals surface area contributed by atoms with Crippen LogP contribution in [0.4, 0.5) is 4.79 Å². The van der Waals surface area contributed by atoms with Gasteiger partial charge in [0.1, 0.15) is 0 Å². The maximum atomic E-state index is 12.3. The quantitative estimate of drug-likeness (QED) is 0.920. The normalized spacial score (nSPS) is 23.4. The molecule has 0 aliphatic carbocycles. The molecule has 1 amide bonds. The summed E-state index contributed by atoms with van der Waals surface area (Å²) in [5.74, 6) is 1.43. The van der Waals surface area contributed by atoms with E-state index in [0.29, 0.717) is 12.3 Å². The second-order valence-corrected chi connectivity index (χ2v) is 6.32. The van der Waals surface area contributed by atoms with Crippen molar-refractivity contribution in [3.8, 4) is 11.5 Å². The SMILES string of the molecule is COC(=O)N1CCc2cc(OC)c(OC)cc2C1C1CCCCN1. The predicted octanol–water partition coefficient (Wildman–Crippen LogP) is 2.51. The van der Waals surface area contributed by atoms with Crippen LogP contribution in [0.5, 0.6) is 11.5 Å². The monoisotopic (exact) mass is 334 g/mol. The molecular weight excluding hydrogens is 308 g/mol. The van der Waals surface area contributed by atoms with Gasteiger partial charge in [0, 0.05) is 12.6 Å². The lowest BCUT2D eigenvalue weighted by Crippen LogP contribution is -2.51. The zero-order valence-corrected chi connectivity index (χ0v) is 14.6. The number of rotatable bonds is 3. The summed E-state index contributed by atoms with van der Waals surface area (Å²) in [5, 5.41) is 3.58. The Morgan fingerprint density at radius 2 is 1.92 bits per heavy atom. The predicted molar refractivity (Wildman–Crippen MR) is 90.7 cm³/mol. The number of benzene rings is 1. The summed E-state index contributed by atoms with van der Waals surface area (Å²) >= 11 is 0. The van der Waals surface area contributed by atoms with Gasteiger partial charge in [-0.25, -0.2) is 4.79 Å². The first-order chi connectivity index (χ1) is 11.7. The van der Waals surface area contributed by atoms with E-state index in [9.17, 15) is 4.79 Å². The van der Waals surface area contributed by atoms with Gasteiger partial charge in [0.05, 0.1) is 27.4 Å². The Balaban J connectivity index is 2.04. The third-order valence-electron chi connectivity index (χ3n) is 5.06. The number of amides is 1. The maximum Gasteiger partial charge on any atom is 0.410 e. The van der Waals surface area contributed by atoms with Crippen LogP contribution in [0.15, 0.2) is 12.1 Å². The molecule has 2 atom stereocenters. The molecule has 1 fully saturated rings. The number of nitrogens with one attached hydrogen (secondary N) is 1. The minimum atomic E-state index is -0.271. The van der Waals surface area contributed by atoms with Crippen LogP contribution in [0.2, 0.25) is 0 Å². The van der Waals surface area contributed by atoms with Gasteiger partial charge in [-0.15, -0.1) is 0 Å². The van der Waals surface area contributed by atoms with Crippen LogP contribution in [-0.2, 0) is 11.2 Å². The highest BCUT2D eigenvalue weighted by atomic mass is 16.5. The first kappa shape index (κ1) is 16.9. The first-order valence-corrected chi connectivity index (χ1v) is 8.52. The van der Waals surface area contributed by atoms with Gasteiger partial charge in [-0.1, -0.05) is 6.42 Å². The van der Waals surface area contributed by atoms with Gasteiger partial charge in [0.25, 0.3) is 0 Å². The molecule has 0 spiro atoms. The topological polar surface area (TPSA) is 60.0 Å². The molecule has 6 nitrogen and oxygen atoms in total. The molecule has 2 unspecified atom stereocenters. The summed E-state index contributed by atoms with van der Waals surface area (Å²) in [6.07, 6.45) is 3.92. The van der Waals surface area contributed by atoms with Crippen LogP contribution in [0.3, 0.4) is 0 Å². The molecule has 0 radical (unpaired) electrons. The molecule has 0 saturated carbocycles. The summed E-state index contributed by atoms with van der Waals surface area (Å²) in [6, 6.07) is 4.25. The van der Waals surface area contributed by atoms with E-state index in [2.05, 4.69) is 5.32 Å². The highest BCUT2D eigenvalue weighted by Gasteiger charge is 2.38. The Morgan fingerprint density at radius 3 is 2.54 bits per heavy atom. The van der Waals surface area contributed by atoms with Crippen LogP contribution < -0.4 is 14.8 Å². The van der Waals surface area contributed by atoms with Crippen molar-refractivity contribution in [2.75, 3.05) is 34.4 Å². The zero-order valence-electron chi connectivity index (χ0n) is 14.6. The minimum absolute atomic E-state index is 0.0405. The van der Waals surface area contributed by atoms with Crippen molar-refractivity contribution >= 4 is 6.09 Å². The van der Waals surface area contributed by atoms with Gasteiger partial charge in [0.15, 0.2) is 11.5 Å². The lowest BCUT2D eigenvalue weighted by Gasteiger charge is -2.42. The number of carbonyl (C=O) groups excluding carboxylic acids is 1. The van der Waals surface area contributed by atoms with Crippen molar-refractivity contribution in [3.63, 3.8) is 0 Å². The van der Waals surface area contributed by atoms with Crippen molar-refractivity contribution in [1.82, 2.24) is 10.2 Å². The number of hydrogen-bond donors (Lipinski definition) is 1. The average molecular weight is 334 g/mol. The second kappa shape index (κ2) is 7.30. The number of ether oxygens (including phenoxy) is 3. The first-order valence-electron chi connectivity index (χ1n) is 8.52. The number of carbonyl (C=O) groups is 1. The smallest absolute Gasteiger partial charge is 0.410 e. The molecule has 1 aromatic carbocycles.